The number of hydrogen-bond donors (Lipinski definition) is 2. The number of aliphatic hydroxyl groups is 1. The summed E-state index contributed by atoms with van der Waals surface area (Å²) >= 11 is 0. The standard InChI is InChI=1S/C15H17NO4/c1-10(17)12-5-3-4-6-13(12)16-9-11-7-8-14(20-11)15(18)19-2/h3-8,10,16-17H,9H2,1-2H3. The van der Waals surface area contributed by atoms with E-state index in [9.17, 15) is 9.90 Å². The van der Waals surface area contributed by atoms with E-state index in [2.05, 4.69) is 10.1 Å². The monoisotopic (exact) mass is 275 g/mol. The summed E-state index contributed by atoms with van der Waals surface area (Å²) in [5.41, 5.74) is 1.64. The van der Waals surface area contributed by atoms with Gasteiger partial charge < -0.3 is 19.6 Å². The van der Waals surface area contributed by atoms with E-state index in [0.717, 1.165) is 11.3 Å². The molecule has 0 spiro atoms. The summed E-state index contributed by atoms with van der Waals surface area (Å²) in [5.74, 6) is 0.291. The van der Waals surface area contributed by atoms with Crippen LogP contribution < -0.4 is 5.32 Å². The lowest BCUT2D eigenvalue weighted by molar-refractivity contribution is 0.0563. The number of para-hydroxylation sites is 1. The Labute approximate surface area is 117 Å². The first-order valence-electron chi connectivity index (χ1n) is 6.29. The lowest BCUT2D eigenvalue weighted by Crippen LogP contribution is -2.03. The summed E-state index contributed by atoms with van der Waals surface area (Å²) in [6.45, 7) is 2.13. The number of rotatable bonds is 5. The van der Waals surface area contributed by atoms with Crippen molar-refractivity contribution >= 4 is 11.7 Å². The van der Waals surface area contributed by atoms with Gasteiger partial charge in [-0.15, -0.1) is 0 Å². The molecule has 0 fully saturated rings. The first-order valence-corrected chi connectivity index (χ1v) is 6.29. The molecule has 0 saturated heterocycles. The topological polar surface area (TPSA) is 71.7 Å². The molecule has 0 radical (unpaired) electrons. The Morgan fingerprint density at radius 2 is 2.10 bits per heavy atom. The first kappa shape index (κ1) is 14.1. The van der Waals surface area contributed by atoms with Gasteiger partial charge in [0, 0.05) is 11.3 Å². The Morgan fingerprint density at radius 1 is 1.35 bits per heavy atom. The Balaban J connectivity index is 2.06. The molecule has 2 N–H and O–H groups in total. The molecule has 20 heavy (non-hydrogen) atoms. The summed E-state index contributed by atoms with van der Waals surface area (Å²) in [6, 6.07) is 10.8. The van der Waals surface area contributed by atoms with Gasteiger partial charge >= 0.3 is 5.97 Å². The van der Waals surface area contributed by atoms with Crippen molar-refractivity contribution in [2.45, 2.75) is 19.6 Å². The Bertz CT molecular complexity index is 589. The van der Waals surface area contributed by atoms with Crippen LogP contribution in [0.2, 0.25) is 0 Å². The molecule has 0 aliphatic carbocycles. The first-order chi connectivity index (χ1) is 9.61. The fourth-order valence-electron chi connectivity index (χ4n) is 1.89. The van der Waals surface area contributed by atoms with Crippen LogP contribution in [0.1, 0.15) is 34.9 Å². The van der Waals surface area contributed by atoms with Crippen LogP contribution >= 0.6 is 0 Å². The minimum atomic E-state index is -0.555. The fraction of sp³-hybridized carbons (Fsp3) is 0.267. The van der Waals surface area contributed by atoms with Crippen molar-refractivity contribution < 1.29 is 19.1 Å². The molecular weight excluding hydrogens is 258 g/mol. The van der Waals surface area contributed by atoms with Gasteiger partial charge in [-0.25, -0.2) is 4.79 Å². The number of nitrogens with one attached hydrogen (secondary N) is 1. The summed E-state index contributed by atoms with van der Waals surface area (Å²) in [4.78, 5) is 11.3. The van der Waals surface area contributed by atoms with Crippen LogP contribution in [-0.2, 0) is 11.3 Å². The molecule has 0 amide bonds. The molecule has 1 atom stereocenters. The van der Waals surface area contributed by atoms with Crippen molar-refractivity contribution in [1.82, 2.24) is 0 Å². The SMILES string of the molecule is COC(=O)c1ccc(CNc2ccccc2C(C)O)o1. The Morgan fingerprint density at radius 3 is 2.80 bits per heavy atom. The Kier molecular flexibility index (Phi) is 4.42. The molecule has 106 valence electrons. The zero-order valence-electron chi connectivity index (χ0n) is 11.4. The second-order valence-electron chi connectivity index (χ2n) is 4.37. The quantitative estimate of drug-likeness (QED) is 0.821. The van der Waals surface area contributed by atoms with Gasteiger partial charge in [0.1, 0.15) is 5.76 Å². The predicted molar refractivity (Wildman–Crippen MR) is 74.5 cm³/mol. The molecule has 0 aliphatic rings. The lowest BCUT2D eigenvalue weighted by atomic mass is 10.1. The molecule has 2 aromatic rings. The van der Waals surface area contributed by atoms with Gasteiger partial charge in [-0.2, -0.15) is 0 Å². The maximum Gasteiger partial charge on any atom is 0.373 e. The molecule has 5 heteroatoms. The van der Waals surface area contributed by atoms with E-state index in [1.807, 2.05) is 24.3 Å². The fourth-order valence-corrected chi connectivity index (χ4v) is 1.89. The van der Waals surface area contributed by atoms with Gasteiger partial charge in [-0.1, -0.05) is 18.2 Å². The van der Waals surface area contributed by atoms with Crippen molar-refractivity contribution in [1.29, 1.82) is 0 Å². The van der Waals surface area contributed by atoms with Crippen LogP contribution in [0.5, 0.6) is 0 Å². The highest BCUT2D eigenvalue weighted by Gasteiger charge is 2.12. The number of anilines is 1. The van der Waals surface area contributed by atoms with Gasteiger partial charge in [0.25, 0.3) is 0 Å². The number of carbonyl (C=O) groups excluding carboxylic acids is 1. The zero-order valence-corrected chi connectivity index (χ0v) is 11.4. The van der Waals surface area contributed by atoms with Crippen LogP contribution in [0, 0.1) is 0 Å². The van der Waals surface area contributed by atoms with Gasteiger partial charge in [0.15, 0.2) is 0 Å². The second kappa shape index (κ2) is 6.25. The van der Waals surface area contributed by atoms with Crippen molar-refractivity contribution in [2.24, 2.45) is 0 Å². The number of hydrogen-bond acceptors (Lipinski definition) is 5. The molecular formula is C15H17NO4. The number of methoxy groups -OCH3 is 1. The molecule has 2 rings (SSSR count). The number of furan rings is 1. The number of aliphatic hydroxyl groups excluding tert-OH is 1. The molecule has 1 aromatic carbocycles. The Hall–Kier alpha value is -2.27. The van der Waals surface area contributed by atoms with Crippen molar-refractivity contribution in [2.75, 3.05) is 12.4 Å². The third-order valence-electron chi connectivity index (χ3n) is 2.91. The minimum absolute atomic E-state index is 0.174. The highest BCUT2D eigenvalue weighted by Crippen LogP contribution is 2.23. The van der Waals surface area contributed by atoms with Crippen LogP contribution in [0.4, 0.5) is 5.69 Å². The summed E-state index contributed by atoms with van der Waals surface area (Å²) in [7, 11) is 1.31. The number of ether oxygens (including phenoxy) is 1. The minimum Gasteiger partial charge on any atom is -0.463 e. The lowest BCUT2D eigenvalue weighted by Gasteiger charge is -2.12. The summed E-state index contributed by atoms with van der Waals surface area (Å²) in [6.07, 6.45) is -0.555. The van der Waals surface area contributed by atoms with Gasteiger partial charge in [0.2, 0.25) is 5.76 Å². The van der Waals surface area contributed by atoms with E-state index >= 15 is 0 Å². The maximum atomic E-state index is 11.3. The van der Waals surface area contributed by atoms with E-state index in [-0.39, 0.29) is 5.76 Å². The van der Waals surface area contributed by atoms with Crippen LogP contribution in [-0.4, -0.2) is 18.2 Å². The highest BCUT2D eigenvalue weighted by atomic mass is 16.5. The average Bonchev–Trinajstić information content (AvgIpc) is 2.93. The second-order valence-corrected chi connectivity index (χ2v) is 4.37. The maximum absolute atomic E-state index is 11.3. The normalized spacial score (nSPS) is 11.9. The molecule has 1 unspecified atom stereocenters. The third-order valence-corrected chi connectivity index (χ3v) is 2.91. The number of benzene rings is 1. The van der Waals surface area contributed by atoms with Gasteiger partial charge in [-0.05, 0) is 25.1 Å². The van der Waals surface area contributed by atoms with Gasteiger partial charge in [0.05, 0.1) is 19.8 Å². The summed E-state index contributed by atoms with van der Waals surface area (Å²) < 4.78 is 9.94. The average molecular weight is 275 g/mol. The largest absolute Gasteiger partial charge is 0.463 e. The van der Waals surface area contributed by atoms with E-state index < -0.39 is 12.1 Å². The molecule has 0 aliphatic heterocycles. The summed E-state index contributed by atoms with van der Waals surface area (Å²) in [5, 5.41) is 12.9. The van der Waals surface area contributed by atoms with Crippen molar-refractivity contribution in [3.63, 3.8) is 0 Å². The highest BCUT2D eigenvalue weighted by molar-refractivity contribution is 5.86. The van der Waals surface area contributed by atoms with Gasteiger partial charge in [-0.3, -0.25) is 0 Å². The van der Waals surface area contributed by atoms with Crippen LogP contribution in [0.3, 0.4) is 0 Å². The molecule has 5 nitrogen and oxygen atoms in total. The van der Waals surface area contributed by atoms with E-state index in [1.165, 1.54) is 7.11 Å². The number of carbonyl (C=O) groups is 1. The van der Waals surface area contributed by atoms with E-state index in [4.69, 9.17) is 4.42 Å². The van der Waals surface area contributed by atoms with E-state index in [1.54, 1.807) is 19.1 Å². The zero-order chi connectivity index (χ0) is 14.5. The molecule has 0 saturated carbocycles. The molecule has 0 bridgehead atoms. The van der Waals surface area contributed by atoms with Crippen molar-refractivity contribution in [3.8, 4) is 0 Å². The van der Waals surface area contributed by atoms with Crippen LogP contribution in [0.15, 0.2) is 40.8 Å². The van der Waals surface area contributed by atoms with E-state index in [0.29, 0.717) is 12.3 Å². The third kappa shape index (κ3) is 3.19. The molecule has 1 heterocycles. The smallest absolute Gasteiger partial charge is 0.373 e. The van der Waals surface area contributed by atoms with Crippen LogP contribution in [0.25, 0.3) is 0 Å². The number of esters is 1. The predicted octanol–water partition coefficient (Wildman–Crippen LogP) is 2.73. The molecule has 1 aromatic heterocycles. The van der Waals surface area contributed by atoms with Crippen molar-refractivity contribution in [3.05, 3.63) is 53.5 Å².